The molecule has 0 amide bonds. The minimum absolute atomic E-state index is 0.0383. The van der Waals surface area contributed by atoms with Gasteiger partial charge in [-0.2, -0.15) is 0 Å². The SMILES string of the molecule is [2H]C([2H])([2H])S(=O)(=O)N(C)c1ccccc1Nc1cc(Cc2cc(C)nc(C)n2)nc2c1N=C(C(F)F)C2.[2H]C([2H])([2H])S(=O)(=O)N(C)c1ccccc1Nc1cc(Cc2cc(C)nc(C)n2)nc2c1nc(C(F)F)n2C1CCCCO1. The van der Waals surface area contributed by atoms with Gasteiger partial charge in [0.2, 0.25) is 20.0 Å². The van der Waals surface area contributed by atoms with Crippen LogP contribution in [0.2, 0.25) is 0 Å². The first-order chi connectivity index (χ1) is 37.5. The largest absolute Gasteiger partial charge is 0.358 e. The second kappa shape index (κ2) is 21.7. The first kappa shape index (κ1) is 45.4. The second-order valence-electron chi connectivity index (χ2n) is 17.5. The molecule has 1 saturated heterocycles. The van der Waals surface area contributed by atoms with E-state index in [9.17, 15) is 34.4 Å². The van der Waals surface area contributed by atoms with Crippen molar-refractivity contribution < 1.29 is 47.4 Å². The van der Waals surface area contributed by atoms with E-state index < -0.39 is 57.3 Å². The minimum atomic E-state index is -4.74. The highest BCUT2D eigenvalue weighted by Gasteiger charge is 2.30. The molecule has 2 aromatic carbocycles. The quantitative estimate of drug-likeness (QED) is 0.0916. The van der Waals surface area contributed by atoms with Gasteiger partial charge in [0.1, 0.15) is 29.1 Å². The fraction of sp³-hybridized carbons (Fsp3) is 0.360. The summed E-state index contributed by atoms with van der Waals surface area (Å²) in [6.45, 7) is 7.63. The predicted molar refractivity (Wildman–Crippen MR) is 277 cm³/mol. The first-order valence-corrected chi connectivity index (χ1v) is 25.9. The Balaban J connectivity index is 0.000000213. The van der Waals surface area contributed by atoms with Crippen LogP contribution in [0.4, 0.5) is 57.4 Å². The lowest BCUT2D eigenvalue weighted by atomic mass is 10.1. The lowest BCUT2D eigenvalue weighted by molar-refractivity contribution is -0.0363. The maximum absolute atomic E-state index is 14.4. The number of rotatable bonds is 15. The van der Waals surface area contributed by atoms with Crippen molar-refractivity contribution in [2.24, 2.45) is 4.99 Å². The summed E-state index contributed by atoms with van der Waals surface area (Å²) in [4.78, 5) is 35.1. The van der Waals surface area contributed by atoms with E-state index in [0.717, 1.165) is 38.3 Å². The van der Waals surface area contributed by atoms with Crippen molar-refractivity contribution in [1.82, 2.24) is 39.5 Å². The van der Waals surface area contributed by atoms with Crippen LogP contribution >= 0.6 is 0 Å². The fourth-order valence-electron chi connectivity index (χ4n) is 8.64. The third kappa shape index (κ3) is 12.2. The van der Waals surface area contributed by atoms with E-state index in [4.69, 9.17) is 17.9 Å². The summed E-state index contributed by atoms with van der Waals surface area (Å²) in [5, 5.41) is 6.20. The van der Waals surface area contributed by atoms with Crippen molar-refractivity contribution >= 4 is 76.7 Å². The van der Waals surface area contributed by atoms with Crippen LogP contribution in [-0.2, 0) is 44.0 Å². The topological polar surface area (TPSA) is 216 Å². The van der Waals surface area contributed by atoms with Crippen molar-refractivity contribution in [3.63, 3.8) is 0 Å². The molecule has 0 saturated carbocycles. The zero-order valence-corrected chi connectivity index (χ0v) is 42.5. The third-order valence-corrected chi connectivity index (χ3v) is 13.7. The number of nitrogens with zero attached hydrogens (tertiary/aromatic N) is 11. The summed E-state index contributed by atoms with van der Waals surface area (Å²) >= 11 is 0. The van der Waals surface area contributed by atoms with Crippen LogP contribution in [0, 0.1) is 27.7 Å². The number of hydrogen-bond acceptors (Lipinski definition) is 15. The molecule has 1 fully saturated rings. The van der Waals surface area contributed by atoms with Crippen molar-refractivity contribution in [2.75, 3.05) is 52.3 Å². The highest BCUT2D eigenvalue weighted by molar-refractivity contribution is 7.92. The van der Waals surface area contributed by atoms with Crippen molar-refractivity contribution in [3.8, 4) is 0 Å². The van der Waals surface area contributed by atoms with E-state index >= 15 is 0 Å². The molecular formula is C50H55F4N13O5S2. The van der Waals surface area contributed by atoms with E-state index in [2.05, 4.69) is 45.5 Å². The Hall–Kier alpha value is -7.18. The van der Waals surface area contributed by atoms with E-state index in [1.165, 1.54) is 16.7 Å². The smallest absolute Gasteiger partial charge is 0.295 e. The fourth-order valence-corrected chi connectivity index (χ4v) is 9.48. The Morgan fingerprint density at radius 3 is 1.72 bits per heavy atom. The molecule has 18 nitrogen and oxygen atoms in total. The molecule has 5 aromatic heterocycles. The Bertz CT molecular complexity index is 3700. The van der Waals surface area contributed by atoms with Gasteiger partial charge in [0, 0.05) is 65.3 Å². The molecule has 0 radical (unpaired) electrons. The van der Waals surface area contributed by atoms with Gasteiger partial charge in [0.15, 0.2) is 11.5 Å². The monoisotopic (exact) mass is 1060 g/mol. The Morgan fingerprint density at radius 2 is 1.20 bits per heavy atom. The molecule has 1 unspecified atom stereocenters. The van der Waals surface area contributed by atoms with Gasteiger partial charge in [0.25, 0.3) is 12.9 Å². The minimum Gasteiger partial charge on any atom is -0.358 e. The molecule has 2 N–H and O–H groups in total. The second-order valence-corrected chi connectivity index (χ2v) is 20.5. The normalized spacial score (nSPS) is 16.2. The van der Waals surface area contributed by atoms with Gasteiger partial charge >= 0.3 is 0 Å². The average molecular weight is 1060 g/mol. The molecule has 7 aromatic rings. The zero-order chi connectivity index (χ0) is 58.2. The van der Waals surface area contributed by atoms with E-state index in [-0.39, 0.29) is 63.8 Å². The standard InChI is InChI=1S/C27H31F2N7O3S.C23H24F2N6O2S/c1-16-13-18(31-17(2)30-16)14-19-15-21(33-20-9-5-6-10-22(20)35(3)40(4,37)38)24-26(32-19)36(27(34-24)25(28)29)23-11-7-8-12-39-23;1-13-9-15(27-14(2)26-13)10-16-11-18(22-19(28-16)12-20(30-22)23(24)25)29-17-7-5-6-8-21(17)31(3)34(4,32)33/h5-6,9-10,13,15,23,25H,7-8,11-12,14H2,1-4H3,(H,32,33);5-9,11,23H,10,12H2,1-4H3,(H,28,29)/i2*4D3. The first-order valence-electron chi connectivity index (χ1n) is 26.0. The van der Waals surface area contributed by atoms with Gasteiger partial charge < -0.3 is 15.4 Å². The van der Waals surface area contributed by atoms with Gasteiger partial charge in [-0.3, -0.25) is 18.2 Å². The molecule has 0 spiro atoms. The summed E-state index contributed by atoms with van der Waals surface area (Å²) in [7, 11) is -7.16. The van der Waals surface area contributed by atoms with Crippen LogP contribution in [0.5, 0.6) is 0 Å². The number of anilines is 6. The summed E-state index contributed by atoms with van der Waals surface area (Å²) in [6.07, 6.45) is -10.4. The van der Waals surface area contributed by atoms with E-state index in [1.54, 1.807) is 68.4 Å². The molecule has 9 rings (SSSR count). The predicted octanol–water partition coefficient (Wildman–Crippen LogP) is 9.32. The Labute approximate surface area is 435 Å². The highest BCUT2D eigenvalue weighted by atomic mass is 32.2. The molecule has 390 valence electrons. The van der Waals surface area contributed by atoms with Crippen LogP contribution in [0.15, 0.2) is 77.8 Å². The average Bonchev–Trinajstić information content (AvgIpc) is 4.18. The number of aryl methyl sites for hydroxylation is 4. The lowest BCUT2D eigenvalue weighted by Crippen LogP contribution is -2.25. The van der Waals surface area contributed by atoms with Crippen molar-refractivity contribution in [2.45, 2.75) is 85.3 Å². The number of para-hydroxylation sites is 4. The number of hydrogen-bond donors (Lipinski definition) is 2. The summed E-state index contributed by atoms with van der Waals surface area (Å²) in [5.41, 5.74) is 5.58. The number of aromatic nitrogens is 8. The van der Waals surface area contributed by atoms with Crippen LogP contribution in [0.1, 0.15) is 97.5 Å². The summed E-state index contributed by atoms with van der Waals surface area (Å²) in [5.74, 6) is 0.659. The van der Waals surface area contributed by atoms with Crippen molar-refractivity contribution in [1.29, 1.82) is 0 Å². The number of ether oxygens (including phenoxy) is 1. The van der Waals surface area contributed by atoms with Crippen LogP contribution in [0.3, 0.4) is 0 Å². The summed E-state index contributed by atoms with van der Waals surface area (Å²) in [6, 6.07) is 19.3. The zero-order valence-electron chi connectivity index (χ0n) is 46.9. The van der Waals surface area contributed by atoms with Gasteiger partial charge in [-0.25, -0.2) is 69.3 Å². The Kier molecular flexibility index (Phi) is 13.3. The van der Waals surface area contributed by atoms with Gasteiger partial charge in [-0.15, -0.1) is 0 Å². The van der Waals surface area contributed by atoms with E-state index in [1.807, 2.05) is 19.9 Å². The number of benzene rings is 2. The number of aliphatic imine (C=N–C) groups is 1. The molecule has 74 heavy (non-hydrogen) atoms. The number of fused-ring (bicyclic) bond motifs is 2. The van der Waals surface area contributed by atoms with Crippen LogP contribution in [-0.4, -0.2) is 101 Å². The molecular weight excluding hydrogens is 1000 g/mol. The molecule has 1 atom stereocenters. The number of pyridine rings is 2. The molecule has 2 aliphatic heterocycles. The van der Waals surface area contributed by atoms with Crippen LogP contribution in [0.25, 0.3) is 11.2 Å². The molecule has 2 aliphatic rings. The van der Waals surface area contributed by atoms with Gasteiger partial charge in [-0.1, -0.05) is 24.3 Å². The van der Waals surface area contributed by atoms with E-state index in [0.29, 0.717) is 73.9 Å². The number of alkyl halides is 4. The van der Waals surface area contributed by atoms with Gasteiger partial charge in [0.05, 0.1) is 75.0 Å². The Morgan fingerprint density at radius 1 is 0.676 bits per heavy atom. The molecule has 24 heteroatoms. The number of nitrogens with one attached hydrogen (secondary N) is 2. The molecule has 7 heterocycles. The lowest BCUT2D eigenvalue weighted by Gasteiger charge is -2.25. The number of imidazole rings is 1. The maximum atomic E-state index is 14.4. The number of sulfonamides is 2. The molecule has 0 aliphatic carbocycles. The highest BCUT2D eigenvalue weighted by Crippen LogP contribution is 2.41. The van der Waals surface area contributed by atoms with Crippen molar-refractivity contribution in [3.05, 3.63) is 130 Å². The summed E-state index contributed by atoms with van der Waals surface area (Å²) < 4.78 is 160. The number of halogens is 4. The van der Waals surface area contributed by atoms with Crippen LogP contribution < -0.4 is 19.2 Å². The maximum Gasteiger partial charge on any atom is 0.295 e. The van der Waals surface area contributed by atoms with Gasteiger partial charge in [-0.05, 0) is 95.5 Å². The molecule has 0 bridgehead atoms. The third-order valence-electron chi connectivity index (χ3n) is 11.9.